The highest BCUT2D eigenvalue weighted by molar-refractivity contribution is 6.07. The van der Waals surface area contributed by atoms with Crippen LogP contribution in [0, 0.1) is 6.92 Å². The minimum absolute atomic E-state index is 0.0209. The largest absolute Gasteiger partial charge is 0.423 e. The van der Waals surface area contributed by atoms with Crippen LogP contribution < -0.4 is 10.9 Å². The highest BCUT2D eigenvalue weighted by atomic mass is 16.4. The minimum Gasteiger partial charge on any atom is -0.423 e. The summed E-state index contributed by atoms with van der Waals surface area (Å²) in [6.07, 6.45) is 3.03. The first-order valence-electron chi connectivity index (χ1n) is 10.2. The number of aryl methyl sites for hydroxylation is 3. The first-order valence-corrected chi connectivity index (χ1v) is 10.2. The highest BCUT2D eigenvalue weighted by Gasteiger charge is 2.49. The third-order valence-corrected chi connectivity index (χ3v) is 6.33. The fourth-order valence-corrected chi connectivity index (χ4v) is 4.75. The van der Waals surface area contributed by atoms with E-state index >= 15 is 0 Å². The standard InChI is InChI=1S/C24H22N2O4/c1-14-6-3-4-9-19(14)24(2)22(28)26(23(29)25-24)13-17-12-21(27)30-20-11-16-8-5-7-15(16)10-18(17)20/h3-4,6,9-12H,5,7-8,13H2,1-2H3,(H,25,29). The van der Waals surface area contributed by atoms with E-state index in [1.807, 2.05) is 43.3 Å². The first kappa shape index (κ1) is 18.6. The van der Waals surface area contributed by atoms with Crippen LogP contribution in [0.25, 0.3) is 11.0 Å². The van der Waals surface area contributed by atoms with E-state index in [9.17, 15) is 14.4 Å². The zero-order valence-electron chi connectivity index (χ0n) is 17.0. The zero-order chi connectivity index (χ0) is 21.0. The molecule has 3 amide bonds. The summed E-state index contributed by atoms with van der Waals surface area (Å²) in [5.74, 6) is -0.329. The van der Waals surface area contributed by atoms with Crippen molar-refractivity contribution in [1.29, 1.82) is 0 Å². The molecular formula is C24H22N2O4. The van der Waals surface area contributed by atoms with Crippen molar-refractivity contribution in [1.82, 2.24) is 10.2 Å². The first-order chi connectivity index (χ1) is 14.4. The van der Waals surface area contributed by atoms with Gasteiger partial charge in [0.15, 0.2) is 0 Å². The molecule has 0 spiro atoms. The van der Waals surface area contributed by atoms with Crippen LogP contribution in [-0.4, -0.2) is 16.8 Å². The number of carbonyl (C=O) groups is 2. The van der Waals surface area contributed by atoms with Crippen molar-refractivity contribution in [2.75, 3.05) is 0 Å². The molecule has 5 rings (SSSR count). The average Bonchev–Trinajstić information content (AvgIpc) is 3.24. The summed E-state index contributed by atoms with van der Waals surface area (Å²) in [7, 11) is 0. The Hall–Kier alpha value is -3.41. The minimum atomic E-state index is -1.14. The van der Waals surface area contributed by atoms with Gasteiger partial charge >= 0.3 is 11.7 Å². The molecule has 30 heavy (non-hydrogen) atoms. The summed E-state index contributed by atoms with van der Waals surface area (Å²) in [5, 5.41) is 3.63. The number of nitrogens with one attached hydrogen (secondary N) is 1. The molecule has 1 saturated heterocycles. The number of amides is 3. The average molecular weight is 402 g/mol. The lowest BCUT2D eigenvalue weighted by atomic mass is 9.88. The molecule has 1 atom stereocenters. The van der Waals surface area contributed by atoms with Crippen molar-refractivity contribution < 1.29 is 14.0 Å². The predicted molar refractivity (Wildman–Crippen MR) is 112 cm³/mol. The quantitative estimate of drug-likeness (QED) is 0.537. The van der Waals surface area contributed by atoms with Crippen LogP contribution in [0.3, 0.4) is 0 Å². The van der Waals surface area contributed by atoms with E-state index in [4.69, 9.17) is 4.42 Å². The number of rotatable bonds is 3. The Labute approximate surface area is 173 Å². The SMILES string of the molecule is Cc1ccccc1C1(C)NC(=O)N(Cc2cc(=O)oc3cc4c(cc23)CCC4)C1=O. The molecule has 3 aromatic rings. The molecule has 2 heterocycles. The molecule has 1 aromatic heterocycles. The predicted octanol–water partition coefficient (Wildman–Crippen LogP) is 3.56. The molecule has 2 aliphatic rings. The van der Waals surface area contributed by atoms with Crippen molar-refractivity contribution in [3.05, 3.63) is 80.7 Å². The van der Waals surface area contributed by atoms with E-state index in [-0.39, 0.29) is 12.5 Å². The molecule has 6 nitrogen and oxygen atoms in total. The molecule has 1 unspecified atom stereocenters. The fraction of sp³-hybridized carbons (Fsp3) is 0.292. The summed E-state index contributed by atoms with van der Waals surface area (Å²) in [6, 6.07) is 12.4. The summed E-state index contributed by atoms with van der Waals surface area (Å²) in [6.45, 7) is 3.66. The van der Waals surface area contributed by atoms with E-state index in [1.165, 1.54) is 22.1 Å². The van der Waals surface area contributed by atoms with Gasteiger partial charge in [0.1, 0.15) is 11.1 Å². The van der Waals surface area contributed by atoms with Crippen molar-refractivity contribution in [2.24, 2.45) is 0 Å². The highest BCUT2D eigenvalue weighted by Crippen LogP contribution is 2.33. The Morgan fingerprint density at radius 2 is 1.80 bits per heavy atom. The number of hydrogen-bond donors (Lipinski definition) is 1. The summed E-state index contributed by atoms with van der Waals surface area (Å²) in [5.41, 5.74) is 3.63. The van der Waals surface area contributed by atoms with E-state index in [0.717, 1.165) is 35.8 Å². The van der Waals surface area contributed by atoms with Crippen LogP contribution in [-0.2, 0) is 29.7 Å². The molecule has 0 saturated carbocycles. The summed E-state index contributed by atoms with van der Waals surface area (Å²) >= 11 is 0. The van der Waals surface area contributed by atoms with Crippen LogP contribution >= 0.6 is 0 Å². The number of urea groups is 1. The van der Waals surface area contributed by atoms with Crippen molar-refractivity contribution in [3.63, 3.8) is 0 Å². The normalized spacial score (nSPS) is 20.7. The van der Waals surface area contributed by atoms with Gasteiger partial charge < -0.3 is 9.73 Å². The lowest BCUT2D eigenvalue weighted by Crippen LogP contribution is -2.41. The lowest BCUT2D eigenvalue weighted by molar-refractivity contribution is -0.131. The van der Waals surface area contributed by atoms with E-state index in [1.54, 1.807) is 6.92 Å². The Morgan fingerprint density at radius 3 is 2.57 bits per heavy atom. The second-order valence-electron chi connectivity index (χ2n) is 8.32. The maximum Gasteiger partial charge on any atom is 0.336 e. The Morgan fingerprint density at radius 1 is 1.07 bits per heavy atom. The lowest BCUT2D eigenvalue weighted by Gasteiger charge is -2.24. The van der Waals surface area contributed by atoms with E-state index in [0.29, 0.717) is 11.1 Å². The summed E-state index contributed by atoms with van der Waals surface area (Å²) in [4.78, 5) is 39.5. The maximum atomic E-state index is 13.3. The van der Waals surface area contributed by atoms with Crippen molar-refractivity contribution in [3.8, 4) is 0 Å². The molecular weight excluding hydrogens is 380 g/mol. The Balaban J connectivity index is 1.56. The third kappa shape index (κ3) is 2.75. The number of benzene rings is 2. The molecule has 2 aromatic carbocycles. The van der Waals surface area contributed by atoms with Gasteiger partial charge in [-0.15, -0.1) is 0 Å². The van der Waals surface area contributed by atoms with Gasteiger partial charge in [-0.1, -0.05) is 24.3 Å². The molecule has 1 N–H and O–H groups in total. The van der Waals surface area contributed by atoms with Gasteiger partial charge in [-0.05, 0) is 73.1 Å². The van der Waals surface area contributed by atoms with Crippen molar-refractivity contribution in [2.45, 2.75) is 45.2 Å². The van der Waals surface area contributed by atoms with Gasteiger partial charge in [-0.25, -0.2) is 9.59 Å². The molecule has 1 aliphatic heterocycles. The fourth-order valence-electron chi connectivity index (χ4n) is 4.75. The number of hydrogen-bond acceptors (Lipinski definition) is 4. The number of imide groups is 1. The number of nitrogens with zero attached hydrogens (tertiary/aromatic N) is 1. The van der Waals surface area contributed by atoms with Crippen LogP contribution in [0.2, 0.25) is 0 Å². The smallest absolute Gasteiger partial charge is 0.336 e. The van der Waals surface area contributed by atoms with Gasteiger partial charge in [0.05, 0.1) is 6.54 Å². The van der Waals surface area contributed by atoms with Gasteiger partial charge in [-0.3, -0.25) is 9.69 Å². The van der Waals surface area contributed by atoms with Crippen molar-refractivity contribution >= 4 is 22.9 Å². The molecule has 152 valence electrons. The second-order valence-corrected chi connectivity index (χ2v) is 8.32. The second kappa shape index (κ2) is 6.55. The van der Waals surface area contributed by atoms with Gasteiger partial charge in [0.2, 0.25) is 0 Å². The topological polar surface area (TPSA) is 79.6 Å². The zero-order valence-corrected chi connectivity index (χ0v) is 17.0. The van der Waals surface area contributed by atoms with Crippen LogP contribution in [0.4, 0.5) is 4.79 Å². The summed E-state index contributed by atoms with van der Waals surface area (Å²) < 4.78 is 5.41. The Kier molecular flexibility index (Phi) is 4.07. The van der Waals surface area contributed by atoms with E-state index < -0.39 is 17.2 Å². The molecule has 6 heteroatoms. The van der Waals surface area contributed by atoms with Crippen LogP contribution in [0.5, 0.6) is 0 Å². The third-order valence-electron chi connectivity index (χ3n) is 6.33. The van der Waals surface area contributed by atoms with Gasteiger partial charge in [-0.2, -0.15) is 0 Å². The van der Waals surface area contributed by atoms with Crippen LogP contribution in [0.15, 0.2) is 51.7 Å². The number of carbonyl (C=O) groups excluding carboxylic acids is 2. The monoisotopic (exact) mass is 402 g/mol. The van der Waals surface area contributed by atoms with Gasteiger partial charge in [0.25, 0.3) is 5.91 Å². The molecule has 0 radical (unpaired) electrons. The number of fused-ring (bicyclic) bond motifs is 2. The maximum absolute atomic E-state index is 13.3. The van der Waals surface area contributed by atoms with E-state index in [2.05, 4.69) is 5.32 Å². The van der Waals surface area contributed by atoms with Crippen LogP contribution in [0.1, 0.15) is 41.2 Å². The molecule has 1 aliphatic carbocycles. The molecule has 0 bridgehead atoms. The van der Waals surface area contributed by atoms with Gasteiger partial charge in [0, 0.05) is 11.5 Å². The molecule has 1 fully saturated rings. The Bertz CT molecular complexity index is 1280.